The molecule has 134 valence electrons. The molecule has 0 radical (unpaired) electrons. The van der Waals surface area contributed by atoms with Gasteiger partial charge in [0.15, 0.2) is 0 Å². The molecule has 0 aliphatic carbocycles. The topological polar surface area (TPSA) is 73.2 Å². The molecular weight excluding hydrogens is 347 g/mol. The molecule has 0 bridgehead atoms. The van der Waals surface area contributed by atoms with Crippen molar-refractivity contribution in [2.24, 2.45) is 0 Å². The van der Waals surface area contributed by atoms with Crippen molar-refractivity contribution in [3.05, 3.63) is 65.2 Å². The van der Waals surface area contributed by atoms with Gasteiger partial charge in [-0.1, -0.05) is 12.1 Å². The van der Waals surface area contributed by atoms with Crippen LogP contribution < -0.4 is 5.32 Å². The van der Waals surface area contributed by atoms with Crippen molar-refractivity contribution in [2.75, 3.05) is 18.9 Å². The quantitative estimate of drug-likeness (QED) is 0.908. The van der Waals surface area contributed by atoms with Gasteiger partial charge in [-0.05, 0) is 36.4 Å². The Bertz CT molecular complexity index is 855. The number of nitrogens with zero attached hydrogens (tertiary/aromatic N) is 2. The summed E-state index contributed by atoms with van der Waals surface area (Å²) in [6.07, 6.45) is -4.60. The lowest BCUT2D eigenvalue weighted by Gasteiger charge is -2.18. The lowest BCUT2D eigenvalue weighted by Crippen LogP contribution is -2.35. The maximum atomic E-state index is 12.9. The molecule has 0 fully saturated rings. The molecule has 8 heteroatoms. The van der Waals surface area contributed by atoms with E-state index in [9.17, 15) is 22.8 Å². The number of hydrogen-bond acceptors (Lipinski definition) is 3. The summed E-state index contributed by atoms with van der Waals surface area (Å²) in [5.74, 6) is -1.25. The minimum absolute atomic E-state index is 0.259. The number of nitrogens with one attached hydrogen (secondary N) is 1. The van der Waals surface area contributed by atoms with Crippen LogP contribution in [0.15, 0.2) is 48.5 Å². The lowest BCUT2D eigenvalue weighted by atomic mass is 10.1. The number of rotatable bonds is 4. The number of likely N-dealkylation sites (N-methyl/N-ethyl adjacent to an activating group) is 1. The van der Waals surface area contributed by atoms with Gasteiger partial charge in [0.05, 0.1) is 29.4 Å². The van der Waals surface area contributed by atoms with Gasteiger partial charge in [-0.2, -0.15) is 18.4 Å². The minimum atomic E-state index is -4.60. The molecule has 2 aromatic carbocycles. The van der Waals surface area contributed by atoms with Crippen molar-refractivity contribution in [1.29, 1.82) is 5.26 Å². The Kier molecular flexibility index (Phi) is 5.62. The van der Waals surface area contributed by atoms with Crippen molar-refractivity contribution in [2.45, 2.75) is 6.18 Å². The first-order valence-electron chi connectivity index (χ1n) is 7.44. The Morgan fingerprint density at radius 3 is 2.31 bits per heavy atom. The van der Waals surface area contributed by atoms with Crippen LogP contribution in [-0.2, 0) is 11.0 Å². The average molecular weight is 361 g/mol. The molecule has 0 aliphatic rings. The minimum Gasteiger partial charge on any atom is -0.332 e. The van der Waals surface area contributed by atoms with Crippen LogP contribution in [0.5, 0.6) is 0 Å². The SMILES string of the molecule is CN(CC(=O)Nc1ccccc1C(F)(F)F)C(=O)c1ccc(C#N)cc1. The van der Waals surface area contributed by atoms with E-state index in [1.807, 2.05) is 6.07 Å². The van der Waals surface area contributed by atoms with Crippen LogP contribution >= 0.6 is 0 Å². The number of para-hydroxylation sites is 1. The van der Waals surface area contributed by atoms with Crippen LogP contribution in [0.25, 0.3) is 0 Å². The molecule has 0 aliphatic heterocycles. The van der Waals surface area contributed by atoms with Gasteiger partial charge in [-0.15, -0.1) is 0 Å². The number of alkyl halides is 3. The molecule has 0 unspecified atom stereocenters. The third kappa shape index (κ3) is 4.60. The van der Waals surface area contributed by atoms with E-state index in [0.29, 0.717) is 5.56 Å². The summed E-state index contributed by atoms with van der Waals surface area (Å²) in [5, 5.41) is 10.9. The number of halogens is 3. The average Bonchev–Trinajstić information content (AvgIpc) is 2.60. The van der Waals surface area contributed by atoms with Crippen LogP contribution in [0.1, 0.15) is 21.5 Å². The smallest absolute Gasteiger partial charge is 0.332 e. The van der Waals surface area contributed by atoms with Gasteiger partial charge in [-0.3, -0.25) is 9.59 Å². The van der Waals surface area contributed by atoms with Gasteiger partial charge < -0.3 is 10.2 Å². The third-order valence-corrected chi connectivity index (χ3v) is 3.49. The van der Waals surface area contributed by atoms with Gasteiger partial charge in [0.1, 0.15) is 0 Å². The predicted octanol–water partition coefficient (Wildman–Crippen LogP) is 3.29. The van der Waals surface area contributed by atoms with Crippen molar-refractivity contribution >= 4 is 17.5 Å². The zero-order valence-corrected chi connectivity index (χ0v) is 13.7. The molecule has 5 nitrogen and oxygen atoms in total. The Morgan fingerprint density at radius 1 is 1.12 bits per heavy atom. The number of carbonyl (C=O) groups is 2. The van der Waals surface area contributed by atoms with Crippen molar-refractivity contribution in [1.82, 2.24) is 4.90 Å². The standard InChI is InChI=1S/C18H14F3N3O2/c1-24(17(26)13-8-6-12(10-22)7-9-13)11-16(25)23-15-5-3-2-4-14(15)18(19,20)21/h2-9H,11H2,1H3,(H,23,25). The predicted molar refractivity (Wildman–Crippen MR) is 88.2 cm³/mol. The molecule has 0 atom stereocenters. The number of benzene rings is 2. The first-order chi connectivity index (χ1) is 12.2. The fourth-order valence-corrected chi connectivity index (χ4v) is 2.22. The summed E-state index contributed by atoms with van der Waals surface area (Å²) in [6, 6.07) is 12.3. The Hall–Kier alpha value is -3.34. The van der Waals surface area contributed by atoms with Crippen LogP contribution in [-0.4, -0.2) is 30.3 Å². The fraction of sp³-hybridized carbons (Fsp3) is 0.167. The summed E-state index contributed by atoms with van der Waals surface area (Å²) < 4.78 is 38.8. The zero-order valence-electron chi connectivity index (χ0n) is 13.7. The number of hydrogen-bond donors (Lipinski definition) is 1. The van der Waals surface area contributed by atoms with Crippen LogP contribution in [0.4, 0.5) is 18.9 Å². The molecule has 2 amide bonds. The fourth-order valence-electron chi connectivity index (χ4n) is 2.22. The number of anilines is 1. The van der Waals surface area contributed by atoms with E-state index in [4.69, 9.17) is 5.26 Å². The second-order valence-corrected chi connectivity index (χ2v) is 5.44. The van der Waals surface area contributed by atoms with E-state index < -0.39 is 30.1 Å². The van der Waals surface area contributed by atoms with Crippen LogP contribution in [0.2, 0.25) is 0 Å². The molecule has 26 heavy (non-hydrogen) atoms. The van der Waals surface area contributed by atoms with Crippen molar-refractivity contribution < 1.29 is 22.8 Å². The Balaban J connectivity index is 2.06. The Morgan fingerprint density at radius 2 is 1.73 bits per heavy atom. The number of amides is 2. The molecule has 0 saturated heterocycles. The van der Waals surface area contributed by atoms with Gasteiger partial charge in [0.25, 0.3) is 5.91 Å². The normalized spacial score (nSPS) is 10.7. The molecule has 1 N–H and O–H groups in total. The molecule has 0 spiro atoms. The van der Waals surface area contributed by atoms with Gasteiger partial charge in [0, 0.05) is 12.6 Å². The maximum Gasteiger partial charge on any atom is 0.418 e. The van der Waals surface area contributed by atoms with E-state index in [1.54, 1.807) is 0 Å². The van der Waals surface area contributed by atoms with E-state index in [-0.39, 0.29) is 11.3 Å². The molecule has 2 aromatic rings. The zero-order chi connectivity index (χ0) is 19.3. The summed E-state index contributed by atoms with van der Waals surface area (Å²) >= 11 is 0. The summed E-state index contributed by atoms with van der Waals surface area (Å²) in [4.78, 5) is 25.3. The molecular formula is C18H14F3N3O2. The van der Waals surface area contributed by atoms with Crippen LogP contribution in [0, 0.1) is 11.3 Å². The highest BCUT2D eigenvalue weighted by Crippen LogP contribution is 2.34. The number of nitriles is 1. The largest absolute Gasteiger partial charge is 0.418 e. The van der Waals surface area contributed by atoms with E-state index in [1.165, 1.54) is 43.4 Å². The Labute approximate surface area is 147 Å². The highest BCUT2D eigenvalue weighted by Gasteiger charge is 2.33. The van der Waals surface area contributed by atoms with Crippen LogP contribution in [0.3, 0.4) is 0 Å². The van der Waals surface area contributed by atoms with Crippen molar-refractivity contribution in [3.63, 3.8) is 0 Å². The van der Waals surface area contributed by atoms with Gasteiger partial charge >= 0.3 is 6.18 Å². The molecule has 0 saturated carbocycles. The van der Waals surface area contributed by atoms with E-state index in [0.717, 1.165) is 17.0 Å². The summed E-state index contributed by atoms with van der Waals surface area (Å²) in [7, 11) is 1.36. The highest BCUT2D eigenvalue weighted by atomic mass is 19.4. The number of carbonyl (C=O) groups excluding carboxylic acids is 2. The summed E-state index contributed by atoms with van der Waals surface area (Å²) in [5.41, 5.74) is -0.695. The van der Waals surface area contributed by atoms with E-state index in [2.05, 4.69) is 5.32 Å². The van der Waals surface area contributed by atoms with Gasteiger partial charge in [0.2, 0.25) is 5.91 Å². The lowest BCUT2D eigenvalue weighted by molar-refractivity contribution is -0.137. The first kappa shape index (κ1) is 19.0. The summed E-state index contributed by atoms with van der Waals surface area (Å²) in [6.45, 7) is -0.426. The second-order valence-electron chi connectivity index (χ2n) is 5.44. The molecule has 2 rings (SSSR count). The first-order valence-corrected chi connectivity index (χ1v) is 7.44. The maximum absolute atomic E-state index is 12.9. The van der Waals surface area contributed by atoms with E-state index >= 15 is 0 Å². The monoisotopic (exact) mass is 361 g/mol. The highest BCUT2D eigenvalue weighted by molar-refractivity contribution is 5.99. The van der Waals surface area contributed by atoms with Crippen molar-refractivity contribution in [3.8, 4) is 6.07 Å². The molecule has 0 aromatic heterocycles. The third-order valence-electron chi connectivity index (χ3n) is 3.49. The second kappa shape index (κ2) is 7.70. The van der Waals surface area contributed by atoms with Gasteiger partial charge in [-0.25, -0.2) is 0 Å². The molecule has 0 heterocycles.